The zero-order chi connectivity index (χ0) is 14.9. The topological polar surface area (TPSA) is 23.5 Å². The molecule has 1 aromatic carbocycles. The van der Waals surface area contributed by atoms with Crippen LogP contribution in [0.1, 0.15) is 61.6 Å². The lowest BCUT2D eigenvalue weighted by atomic mass is 9.77. The Kier molecular flexibility index (Phi) is 4.37. The van der Waals surface area contributed by atoms with Crippen LogP contribution in [0.4, 0.5) is 0 Å². The Hall–Kier alpha value is -0.860. The van der Waals surface area contributed by atoms with E-state index in [1.165, 1.54) is 36.0 Å². The Balaban J connectivity index is 1.96. The van der Waals surface area contributed by atoms with Gasteiger partial charge in [-0.3, -0.25) is 0 Å². The number of benzene rings is 1. The van der Waals surface area contributed by atoms with Gasteiger partial charge in [-0.2, -0.15) is 0 Å². The Morgan fingerprint density at radius 1 is 1.10 bits per heavy atom. The highest BCUT2D eigenvalue weighted by molar-refractivity contribution is 5.41. The summed E-state index contributed by atoms with van der Waals surface area (Å²) in [6.45, 7) is 0. The van der Waals surface area contributed by atoms with Crippen LogP contribution in [-0.2, 0) is 18.4 Å². The van der Waals surface area contributed by atoms with Gasteiger partial charge in [-0.15, -0.1) is 0 Å². The SMILES string of the molecule is CN(C)C1CCc2cccc(C3(O)CCCCCC3)c2C1. The monoisotopic (exact) mass is 287 g/mol. The predicted molar refractivity (Wildman–Crippen MR) is 87.5 cm³/mol. The van der Waals surface area contributed by atoms with E-state index in [4.69, 9.17) is 0 Å². The third-order valence-electron chi connectivity index (χ3n) is 5.62. The van der Waals surface area contributed by atoms with Crippen molar-refractivity contribution in [2.24, 2.45) is 0 Å². The van der Waals surface area contributed by atoms with E-state index in [1.54, 1.807) is 0 Å². The quantitative estimate of drug-likeness (QED) is 0.839. The average Bonchev–Trinajstić information content (AvgIpc) is 2.71. The van der Waals surface area contributed by atoms with Gasteiger partial charge in [0.15, 0.2) is 0 Å². The van der Waals surface area contributed by atoms with E-state index in [9.17, 15) is 5.11 Å². The Morgan fingerprint density at radius 3 is 2.48 bits per heavy atom. The maximum atomic E-state index is 11.3. The lowest BCUT2D eigenvalue weighted by Gasteiger charge is -2.36. The maximum Gasteiger partial charge on any atom is 0.0899 e. The van der Waals surface area contributed by atoms with E-state index >= 15 is 0 Å². The van der Waals surface area contributed by atoms with Gasteiger partial charge < -0.3 is 10.0 Å². The van der Waals surface area contributed by atoms with Gasteiger partial charge in [-0.05, 0) is 62.9 Å². The summed E-state index contributed by atoms with van der Waals surface area (Å²) < 4.78 is 0. The second-order valence-corrected chi connectivity index (χ2v) is 7.25. The van der Waals surface area contributed by atoms with E-state index < -0.39 is 5.60 Å². The van der Waals surface area contributed by atoms with Crippen LogP contribution in [0, 0.1) is 0 Å². The molecule has 1 unspecified atom stereocenters. The van der Waals surface area contributed by atoms with Crippen molar-refractivity contribution in [3.05, 3.63) is 34.9 Å². The minimum atomic E-state index is -0.573. The highest BCUT2D eigenvalue weighted by Crippen LogP contribution is 2.40. The first-order chi connectivity index (χ1) is 10.1. The summed E-state index contributed by atoms with van der Waals surface area (Å²) in [6.07, 6.45) is 10.3. The second-order valence-electron chi connectivity index (χ2n) is 7.25. The van der Waals surface area contributed by atoms with Gasteiger partial charge in [-0.1, -0.05) is 43.9 Å². The van der Waals surface area contributed by atoms with Crippen molar-refractivity contribution in [1.29, 1.82) is 0 Å². The molecule has 0 bridgehead atoms. The lowest BCUT2D eigenvalue weighted by Crippen LogP contribution is -2.36. The molecule has 2 nitrogen and oxygen atoms in total. The summed E-state index contributed by atoms with van der Waals surface area (Å²) in [5, 5.41) is 11.3. The number of hydrogen-bond donors (Lipinski definition) is 1. The van der Waals surface area contributed by atoms with Gasteiger partial charge in [0.05, 0.1) is 5.60 Å². The summed E-state index contributed by atoms with van der Waals surface area (Å²) in [5.41, 5.74) is 3.60. The van der Waals surface area contributed by atoms with Crippen molar-refractivity contribution >= 4 is 0 Å². The van der Waals surface area contributed by atoms with Crippen molar-refractivity contribution in [3.8, 4) is 0 Å². The highest BCUT2D eigenvalue weighted by Gasteiger charge is 2.34. The van der Waals surface area contributed by atoms with Crippen LogP contribution in [-0.4, -0.2) is 30.1 Å². The largest absolute Gasteiger partial charge is 0.385 e. The van der Waals surface area contributed by atoms with Crippen molar-refractivity contribution in [2.75, 3.05) is 14.1 Å². The zero-order valence-electron chi connectivity index (χ0n) is 13.6. The molecule has 1 N–H and O–H groups in total. The fraction of sp³-hybridized carbons (Fsp3) is 0.684. The van der Waals surface area contributed by atoms with Gasteiger partial charge in [0.2, 0.25) is 0 Å². The molecule has 1 aromatic rings. The summed E-state index contributed by atoms with van der Waals surface area (Å²) in [6, 6.07) is 7.24. The van der Waals surface area contributed by atoms with Gasteiger partial charge in [0.25, 0.3) is 0 Å². The van der Waals surface area contributed by atoms with Gasteiger partial charge >= 0.3 is 0 Å². The minimum absolute atomic E-state index is 0.573. The molecule has 2 aliphatic rings. The van der Waals surface area contributed by atoms with Crippen molar-refractivity contribution in [3.63, 3.8) is 0 Å². The summed E-state index contributed by atoms with van der Waals surface area (Å²) in [7, 11) is 4.36. The molecule has 0 aliphatic heterocycles. The molecular formula is C19H29NO. The number of nitrogens with zero attached hydrogens (tertiary/aromatic N) is 1. The third kappa shape index (κ3) is 3.02. The van der Waals surface area contributed by atoms with Crippen molar-refractivity contribution in [2.45, 2.75) is 69.4 Å². The van der Waals surface area contributed by atoms with Crippen molar-refractivity contribution < 1.29 is 5.11 Å². The Morgan fingerprint density at radius 2 is 1.81 bits per heavy atom. The minimum Gasteiger partial charge on any atom is -0.385 e. The first-order valence-corrected chi connectivity index (χ1v) is 8.60. The van der Waals surface area contributed by atoms with Crippen LogP contribution in [0.2, 0.25) is 0 Å². The van der Waals surface area contributed by atoms with Crippen LogP contribution >= 0.6 is 0 Å². The van der Waals surface area contributed by atoms with Crippen molar-refractivity contribution in [1.82, 2.24) is 4.90 Å². The molecule has 0 saturated heterocycles. The Bertz CT molecular complexity index is 486. The molecule has 0 aromatic heterocycles. The first kappa shape index (κ1) is 15.1. The number of fused-ring (bicyclic) bond motifs is 1. The first-order valence-electron chi connectivity index (χ1n) is 8.60. The number of aliphatic hydroxyl groups is 1. The second kappa shape index (κ2) is 6.10. The van der Waals surface area contributed by atoms with Crippen LogP contribution in [0.15, 0.2) is 18.2 Å². The standard InChI is InChI=1S/C19H29NO/c1-20(2)16-11-10-15-8-7-9-18(17(15)14-16)19(21)12-5-3-4-6-13-19/h7-9,16,21H,3-6,10-14H2,1-2H3. The number of aryl methyl sites for hydroxylation is 1. The van der Waals surface area contributed by atoms with Gasteiger partial charge in [-0.25, -0.2) is 0 Å². The molecule has 1 saturated carbocycles. The lowest BCUT2D eigenvalue weighted by molar-refractivity contribution is 0.0193. The summed E-state index contributed by atoms with van der Waals surface area (Å²) >= 11 is 0. The van der Waals surface area contributed by atoms with E-state index in [2.05, 4.69) is 37.2 Å². The van der Waals surface area contributed by atoms with E-state index in [0.717, 1.165) is 38.5 Å². The molecule has 0 amide bonds. The molecule has 2 aliphatic carbocycles. The maximum absolute atomic E-state index is 11.3. The molecule has 0 heterocycles. The molecule has 2 heteroatoms. The van der Waals surface area contributed by atoms with Crippen LogP contribution < -0.4 is 0 Å². The normalized spacial score (nSPS) is 25.4. The number of hydrogen-bond acceptors (Lipinski definition) is 2. The molecule has 1 atom stereocenters. The fourth-order valence-corrected chi connectivity index (χ4v) is 4.23. The van der Waals surface area contributed by atoms with Gasteiger partial charge in [0.1, 0.15) is 0 Å². The average molecular weight is 287 g/mol. The molecule has 0 spiro atoms. The predicted octanol–water partition coefficient (Wildman–Crippen LogP) is 3.65. The molecule has 0 radical (unpaired) electrons. The van der Waals surface area contributed by atoms with Crippen LogP contribution in [0.3, 0.4) is 0 Å². The zero-order valence-corrected chi connectivity index (χ0v) is 13.6. The third-order valence-corrected chi connectivity index (χ3v) is 5.62. The fourth-order valence-electron chi connectivity index (χ4n) is 4.23. The van der Waals surface area contributed by atoms with E-state index in [0.29, 0.717) is 6.04 Å². The molecule has 3 rings (SSSR count). The summed E-state index contributed by atoms with van der Waals surface area (Å²) in [5.74, 6) is 0. The number of rotatable bonds is 2. The smallest absolute Gasteiger partial charge is 0.0899 e. The number of likely N-dealkylation sites (N-methyl/N-ethyl adjacent to an activating group) is 1. The summed E-state index contributed by atoms with van der Waals surface area (Å²) in [4.78, 5) is 2.34. The molecule has 116 valence electrons. The highest BCUT2D eigenvalue weighted by atomic mass is 16.3. The van der Waals surface area contributed by atoms with E-state index in [1.807, 2.05) is 0 Å². The molecule has 1 fully saturated rings. The van der Waals surface area contributed by atoms with Gasteiger partial charge in [0, 0.05) is 6.04 Å². The van der Waals surface area contributed by atoms with E-state index in [-0.39, 0.29) is 0 Å². The Labute approximate surface area is 129 Å². The van der Waals surface area contributed by atoms with Crippen LogP contribution in [0.25, 0.3) is 0 Å². The molecule has 21 heavy (non-hydrogen) atoms. The van der Waals surface area contributed by atoms with Crippen LogP contribution in [0.5, 0.6) is 0 Å². The molecular weight excluding hydrogens is 258 g/mol.